The summed E-state index contributed by atoms with van der Waals surface area (Å²) < 4.78 is 0. The van der Waals surface area contributed by atoms with Crippen LogP contribution in [0.5, 0.6) is 0 Å². The zero-order chi connectivity index (χ0) is 7.40. The van der Waals surface area contributed by atoms with E-state index in [0.29, 0.717) is 23.7 Å². The Balaban J connectivity index is 0.000001000. The molecule has 56 valence electrons. The first-order valence-electron chi connectivity index (χ1n) is 2.88. The molecule has 11 heavy (non-hydrogen) atoms. The molecule has 0 heterocycles. The predicted molar refractivity (Wildman–Crippen MR) is 45.8 cm³/mol. The monoisotopic (exact) mass is 344 g/mol. The molecule has 0 aromatic heterocycles. The van der Waals surface area contributed by atoms with E-state index in [1.54, 1.807) is 24.3 Å². The van der Waals surface area contributed by atoms with E-state index in [1.165, 1.54) is 0 Å². The van der Waals surface area contributed by atoms with Gasteiger partial charge in [-0.3, -0.25) is 9.59 Å². The van der Waals surface area contributed by atoms with E-state index < -0.39 is 0 Å². The summed E-state index contributed by atoms with van der Waals surface area (Å²) in [4.78, 5) is 20.5. The molecule has 1 rings (SSSR count). The van der Waals surface area contributed by atoms with E-state index in [0.717, 1.165) is 0 Å². The van der Waals surface area contributed by atoms with Crippen molar-refractivity contribution in [3.8, 4) is 0 Å². The standard InChI is InChI=1S/C8H6O2.Pb.2H/c9-5-7-3-1-2-4-8(7)6-10;;;/h1-6H;;;. The van der Waals surface area contributed by atoms with Crippen molar-refractivity contribution in [1.82, 2.24) is 0 Å². The topological polar surface area (TPSA) is 34.1 Å². The predicted octanol–water partition coefficient (Wildman–Crippen LogP) is 0.395. The normalized spacial score (nSPS) is 8.00. The molecule has 0 saturated carbocycles. The van der Waals surface area contributed by atoms with Gasteiger partial charge >= 0.3 is 27.3 Å². The summed E-state index contributed by atoms with van der Waals surface area (Å²) in [5, 5.41) is 0. The summed E-state index contributed by atoms with van der Waals surface area (Å²) in [6.07, 6.45) is 1.34. The fourth-order valence-corrected chi connectivity index (χ4v) is 0.726. The van der Waals surface area contributed by atoms with E-state index in [9.17, 15) is 9.59 Å². The molecule has 1 aromatic carbocycles. The van der Waals surface area contributed by atoms with Crippen LogP contribution in [0.15, 0.2) is 24.3 Å². The Morgan fingerprint density at radius 1 is 0.909 bits per heavy atom. The molecular formula is C8H8O2Pb. The Kier molecular flexibility index (Phi) is 4.93. The quantitative estimate of drug-likeness (QED) is 0.575. The number of rotatable bonds is 2. The first-order chi connectivity index (χ1) is 4.88. The van der Waals surface area contributed by atoms with Gasteiger partial charge in [0.2, 0.25) is 0 Å². The number of hydrogen-bond acceptors (Lipinski definition) is 2. The van der Waals surface area contributed by atoms with Crippen LogP contribution in [0.2, 0.25) is 0 Å². The summed E-state index contributed by atoms with van der Waals surface area (Å²) in [5.74, 6) is 0. The zero-order valence-corrected chi connectivity index (χ0v) is 11.5. The fourth-order valence-electron chi connectivity index (χ4n) is 0.726. The van der Waals surface area contributed by atoms with Gasteiger partial charge in [-0.1, -0.05) is 24.3 Å². The van der Waals surface area contributed by atoms with Crippen molar-refractivity contribution in [2.45, 2.75) is 0 Å². The van der Waals surface area contributed by atoms with Crippen molar-refractivity contribution >= 4 is 39.9 Å². The minimum absolute atomic E-state index is 0. The van der Waals surface area contributed by atoms with Gasteiger partial charge in [-0.15, -0.1) is 0 Å². The van der Waals surface area contributed by atoms with Gasteiger partial charge in [-0.25, -0.2) is 0 Å². The van der Waals surface area contributed by atoms with Crippen LogP contribution >= 0.6 is 0 Å². The molecule has 2 nitrogen and oxygen atoms in total. The first kappa shape index (κ1) is 10.5. The Hall–Kier alpha value is -0.518. The fraction of sp³-hybridized carbons (Fsp3) is 0. The number of hydrogen-bond donors (Lipinski definition) is 0. The second kappa shape index (κ2) is 5.17. The second-order valence-corrected chi connectivity index (χ2v) is 1.86. The SMILES string of the molecule is O=Cc1ccccc1C=O.[PbH2]. The van der Waals surface area contributed by atoms with Crippen molar-refractivity contribution in [3.63, 3.8) is 0 Å². The van der Waals surface area contributed by atoms with Crippen LogP contribution in [0.25, 0.3) is 0 Å². The molecule has 0 amide bonds. The molecule has 3 heteroatoms. The van der Waals surface area contributed by atoms with E-state index in [4.69, 9.17) is 0 Å². The van der Waals surface area contributed by atoms with Gasteiger partial charge in [-0.05, 0) is 0 Å². The van der Waals surface area contributed by atoms with E-state index in [1.807, 2.05) is 0 Å². The average molecular weight is 343 g/mol. The molecule has 1 aromatic rings. The van der Waals surface area contributed by atoms with Crippen LogP contribution in [0.1, 0.15) is 20.7 Å². The third-order valence-electron chi connectivity index (χ3n) is 1.25. The molecule has 0 aliphatic rings. The molecule has 0 N–H and O–H groups in total. The maximum absolute atomic E-state index is 10.2. The van der Waals surface area contributed by atoms with Crippen molar-refractivity contribution in [1.29, 1.82) is 0 Å². The Bertz CT molecular complexity index is 231. The molecule has 0 aliphatic carbocycles. The molecular weight excluding hydrogens is 335 g/mol. The number of benzene rings is 1. The van der Waals surface area contributed by atoms with Gasteiger partial charge in [0.25, 0.3) is 0 Å². The zero-order valence-electron chi connectivity index (χ0n) is 5.99. The van der Waals surface area contributed by atoms with Gasteiger partial charge in [0.15, 0.2) is 12.6 Å². The van der Waals surface area contributed by atoms with Gasteiger partial charge < -0.3 is 0 Å². The van der Waals surface area contributed by atoms with Crippen molar-refractivity contribution in [2.24, 2.45) is 0 Å². The third-order valence-corrected chi connectivity index (χ3v) is 1.25. The number of carbonyl (C=O) groups excluding carboxylic acids is 2. The van der Waals surface area contributed by atoms with E-state index in [-0.39, 0.29) is 27.3 Å². The molecule has 0 bridgehead atoms. The summed E-state index contributed by atoms with van der Waals surface area (Å²) in [7, 11) is 0. The maximum atomic E-state index is 10.2. The van der Waals surface area contributed by atoms with Crippen molar-refractivity contribution < 1.29 is 9.59 Å². The van der Waals surface area contributed by atoms with Gasteiger partial charge in [0.1, 0.15) is 0 Å². The second-order valence-electron chi connectivity index (χ2n) is 1.86. The summed E-state index contributed by atoms with van der Waals surface area (Å²) in [5.41, 5.74) is 0.884. The molecule has 0 spiro atoms. The van der Waals surface area contributed by atoms with Crippen LogP contribution in [0.4, 0.5) is 0 Å². The molecule has 0 fully saturated rings. The van der Waals surface area contributed by atoms with E-state index in [2.05, 4.69) is 0 Å². The molecule has 0 aliphatic heterocycles. The average Bonchev–Trinajstić information content (AvgIpc) is 2.04. The molecule has 2 radical (unpaired) electrons. The van der Waals surface area contributed by atoms with Gasteiger partial charge in [0, 0.05) is 11.1 Å². The summed E-state index contributed by atoms with van der Waals surface area (Å²) in [6.45, 7) is 0. The number of carbonyl (C=O) groups is 2. The Labute approximate surface area is 84.8 Å². The molecule has 0 saturated heterocycles. The first-order valence-corrected chi connectivity index (χ1v) is 2.88. The molecule has 0 unspecified atom stereocenters. The minimum atomic E-state index is 0. The van der Waals surface area contributed by atoms with Crippen LogP contribution in [0.3, 0.4) is 0 Å². The summed E-state index contributed by atoms with van der Waals surface area (Å²) in [6, 6.07) is 6.65. The Morgan fingerprint density at radius 3 is 1.55 bits per heavy atom. The molecule has 0 atom stereocenters. The van der Waals surface area contributed by atoms with Crippen LogP contribution in [-0.4, -0.2) is 39.9 Å². The summed E-state index contributed by atoms with van der Waals surface area (Å²) >= 11 is 0. The Morgan fingerprint density at radius 2 is 1.27 bits per heavy atom. The van der Waals surface area contributed by atoms with Crippen molar-refractivity contribution in [2.75, 3.05) is 0 Å². The van der Waals surface area contributed by atoms with E-state index >= 15 is 0 Å². The third kappa shape index (κ3) is 2.53. The number of aldehydes is 2. The van der Waals surface area contributed by atoms with Crippen LogP contribution < -0.4 is 0 Å². The van der Waals surface area contributed by atoms with Crippen LogP contribution in [-0.2, 0) is 0 Å². The van der Waals surface area contributed by atoms with Gasteiger partial charge in [-0.2, -0.15) is 0 Å². The van der Waals surface area contributed by atoms with Crippen LogP contribution in [0, 0.1) is 0 Å². The van der Waals surface area contributed by atoms with Crippen molar-refractivity contribution in [3.05, 3.63) is 35.4 Å². The van der Waals surface area contributed by atoms with Gasteiger partial charge in [0.05, 0.1) is 0 Å².